The molecule has 2 aromatic carbocycles. The molecule has 3 N–H and O–H groups in total. The van der Waals surface area contributed by atoms with Crippen LogP contribution in [0.15, 0.2) is 53.7 Å². The third-order valence-corrected chi connectivity index (χ3v) is 4.86. The van der Waals surface area contributed by atoms with Gasteiger partial charge in [-0.2, -0.15) is 8.78 Å². The van der Waals surface area contributed by atoms with Crippen LogP contribution in [0.5, 0.6) is 5.75 Å². The van der Waals surface area contributed by atoms with Crippen molar-refractivity contribution in [2.24, 2.45) is 0 Å². The predicted octanol–water partition coefficient (Wildman–Crippen LogP) is 4.68. The summed E-state index contributed by atoms with van der Waals surface area (Å²) in [5.74, 6) is -0.464. The van der Waals surface area contributed by atoms with Crippen molar-refractivity contribution < 1.29 is 18.3 Å². The Bertz CT molecular complexity index is 997. The van der Waals surface area contributed by atoms with Crippen molar-refractivity contribution in [1.82, 2.24) is 10.6 Å². The molecule has 0 aliphatic carbocycles. The van der Waals surface area contributed by atoms with E-state index < -0.39 is 18.6 Å². The van der Waals surface area contributed by atoms with Crippen LogP contribution in [-0.2, 0) is 4.79 Å². The van der Waals surface area contributed by atoms with Gasteiger partial charge in [-0.05, 0) is 49.8 Å². The lowest BCUT2D eigenvalue weighted by Gasteiger charge is -2.31. The number of halogens is 3. The quantitative estimate of drug-likeness (QED) is 0.593. The summed E-state index contributed by atoms with van der Waals surface area (Å²) >= 11 is 11.2. The second kappa shape index (κ2) is 8.75. The molecule has 1 amide bonds. The van der Waals surface area contributed by atoms with Crippen LogP contribution in [0.25, 0.3) is 0 Å². The van der Waals surface area contributed by atoms with Crippen LogP contribution >= 0.6 is 23.8 Å². The number of ether oxygens (including phenoxy) is 1. The number of rotatable bonds is 5. The number of aryl methyl sites for hydroxylation is 1. The SMILES string of the molecule is CC1=C(C(=O)Nc2cc(Cl)ccc2C)[C@@H](c2ccccc2OC(F)F)NC(=S)N1. The van der Waals surface area contributed by atoms with E-state index >= 15 is 0 Å². The number of benzene rings is 2. The van der Waals surface area contributed by atoms with Crippen LogP contribution < -0.4 is 20.7 Å². The van der Waals surface area contributed by atoms with E-state index in [9.17, 15) is 13.6 Å². The Balaban J connectivity index is 2.01. The number of nitrogens with one attached hydrogen (secondary N) is 3. The number of carbonyl (C=O) groups is 1. The molecule has 0 saturated heterocycles. The average molecular weight is 438 g/mol. The van der Waals surface area contributed by atoms with E-state index in [1.807, 2.05) is 6.92 Å². The molecule has 0 spiro atoms. The summed E-state index contributed by atoms with van der Waals surface area (Å²) in [6.45, 7) is 0.528. The van der Waals surface area contributed by atoms with Crippen LogP contribution in [0.2, 0.25) is 5.02 Å². The minimum absolute atomic E-state index is 0.0401. The van der Waals surface area contributed by atoms with Crippen LogP contribution in [0, 0.1) is 6.92 Å². The van der Waals surface area contributed by atoms with E-state index in [4.69, 9.17) is 23.8 Å². The molecular formula is C20H18ClF2N3O2S. The number of carbonyl (C=O) groups excluding carboxylic acids is 1. The summed E-state index contributed by atoms with van der Waals surface area (Å²) in [5, 5.41) is 9.46. The highest BCUT2D eigenvalue weighted by molar-refractivity contribution is 7.80. The fraction of sp³-hybridized carbons (Fsp3) is 0.200. The Morgan fingerprint density at radius 2 is 1.97 bits per heavy atom. The van der Waals surface area contributed by atoms with E-state index in [2.05, 4.69) is 20.7 Å². The summed E-state index contributed by atoms with van der Waals surface area (Å²) in [7, 11) is 0. The largest absolute Gasteiger partial charge is 0.434 e. The van der Waals surface area contributed by atoms with Gasteiger partial charge in [0.05, 0.1) is 11.6 Å². The minimum Gasteiger partial charge on any atom is -0.434 e. The Labute approximate surface area is 177 Å². The van der Waals surface area contributed by atoms with Gasteiger partial charge in [0, 0.05) is 22.0 Å². The van der Waals surface area contributed by atoms with E-state index in [1.165, 1.54) is 6.07 Å². The normalized spacial score (nSPS) is 16.3. The third-order valence-electron chi connectivity index (χ3n) is 4.41. The van der Waals surface area contributed by atoms with Gasteiger partial charge in [0.1, 0.15) is 5.75 Å². The Hall–Kier alpha value is -2.71. The van der Waals surface area contributed by atoms with Gasteiger partial charge in [0.15, 0.2) is 5.11 Å². The molecule has 0 bridgehead atoms. The van der Waals surface area contributed by atoms with Gasteiger partial charge in [-0.3, -0.25) is 4.79 Å². The maximum Gasteiger partial charge on any atom is 0.387 e. The fourth-order valence-corrected chi connectivity index (χ4v) is 3.51. The summed E-state index contributed by atoms with van der Waals surface area (Å²) in [4.78, 5) is 13.1. The number of hydrogen-bond acceptors (Lipinski definition) is 3. The van der Waals surface area contributed by atoms with Gasteiger partial charge < -0.3 is 20.7 Å². The van der Waals surface area contributed by atoms with E-state index in [0.717, 1.165) is 5.56 Å². The Morgan fingerprint density at radius 1 is 1.24 bits per heavy atom. The number of amides is 1. The number of thiocarbonyl (C=S) groups is 1. The molecule has 1 heterocycles. The molecule has 1 atom stereocenters. The molecule has 1 aliphatic rings. The van der Waals surface area contributed by atoms with Gasteiger partial charge in [-0.15, -0.1) is 0 Å². The first-order chi connectivity index (χ1) is 13.8. The van der Waals surface area contributed by atoms with Crippen molar-refractivity contribution in [3.8, 4) is 5.75 Å². The highest BCUT2D eigenvalue weighted by Crippen LogP contribution is 2.34. The number of hydrogen-bond donors (Lipinski definition) is 3. The molecule has 0 unspecified atom stereocenters. The van der Waals surface area contributed by atoms with E-state index in [-0.39, 0.29) is 10.9 Å². The monoisotopic (exact) mass is 437 g/mol. The predicted molar refractivity (Wildman–Crippen MR) is 112 cm³/mol. The molecule has 2 aromatic rings. The Morgan fingerprint density at radius 3 is 2.69 bits per heavy atom. The van der Waals surface area contributed by atoms with Gasteiger partial charge in [-0.25, -0.2) is 0 Å². The standard InChI is InChI=1S/C20H18ClF2N3O2S/c1-10-7-8-12(21)9-14(10)25-18(27)16-11(2)24-20(29)26-17(16)13-5-3-4-6-15(13)28-19(22)23/h3-9,17,19H,1-2H3,(H,25,27)(H2,24,26,29)/t17-/m1/s1. The van der Waals surface area contributed by atoms with Gasteiger partial charge in [0.25, 0.3) is 5.91 Å². The van der Waals surface area contributed by atoms with Crippen molar-refractivity contribution in [2.45, 2.75) is 26.5 Å². The molecule has 152 valence electrons. The van der Waals surface area contributed by atoms with E-state index in [0.29, 0.717) is 27.5 Å². The maximum absolute atomic E-state index is 13.1. The summed E-state index contributed by atoms with van der Waals surface area (Å²) < 4.78 is 30.4. The van der Waals surface area contributed by atoms with Crippen LogP contribution in [0.4, 0.5) is 14.5 Å². The zero-order valence-electron chi connectivity index (χ0n) is 15.6. The first kappa shape index (κ1) is 21.0. The van der Waals surface area contributed by atoms with Crippen molar-refractivity contribution in [3.05, 3.63) is 69.9 Å². The van der Waals surface area contributed by atoms with Gasteiger partial charge in [0.2, 0.25) is 0 Å². The van der Waals surface area contributed by atoms with Crippen LogP contribution in [0.3, 0.4) is 0 Å². The lowest BCUT2D eigenvalue weighted by molar-refractivity contribution is -0.113. The molecule has 1 aliphatic heterocycles. The van der Waals surface area contributed by atoms with E-state index in [1.54, 1.807) is 43.3 Å². The molecule has 0 saturated carbocycles. The zero-order chi connectivity index (χ0) is 21.1. The zero-order valence-corrected chi connectivity index (χ0v) is 17.1. The molecular weight excluding hydrogens is 420 g/mol. The maximum atomic E-state index is 13.1. The molecule has 9 heteroatoms. The molecule has 3 rings (SSSR count). The average Bonchev–Trinajstić information content (AvgIpc) is 2.64. The second-order valence-electron chi connectivity index (χ2n) is 6.40. The lowest BCUT2D eigenvalue weighted by atomic mass is 9.94. The van der Waals surface area contributed by atoms with Crippen LogP contribution in [0.1, 0.15) is 24.1 Å². The van der Waals surface area contributed by atoms with Crippen LogP contribution in [-0.4, -0.2) is 17.6 Å². The molecule has 0 fully saturated rings. The Kier molecular flexibility index (Phi) is 6.34. The summed E-state index contributed by atoms with van der Waals surface area (Å²) in [6, 6.07) is 10.6. The smallest absolute Gasteiger partial charge is 0.387 e. The number of alkyl halides is 2. The van der Waals surface area contributed by atoms with Crippen molar-refractivity contribution >= 4 is 40.5 Å². The molecule has 29 heavy (non-hydrogen) atoms. The van der Waals surface area contributed by atoms with Crippen molar-refractivity contribution in [1.29, 1.82) is 0 Å². The molecule has 0 radical (unpaired) electrons. The minimum atomic E-state index is -3.00. The number of para-hydroxylation sites is 1. The summed E-state index contributed by atoms with van der Waals surface area (Å²) in [6.07, 6.45) is 0. The lowest BCUT2D eigenvalue weighted by Crippen LogP contribution is -2.46. The first-order valence-corrected chi connectivity index (χ1v) is 9.44. The summed E-state index contributed by atoms with van der Waals surface area (Å²) in [5.41, 5.74) is 2.54. The molecule has 0 aromatic heterocycles. The number of allylic oxidation sites excluding steroid dienone is 1. The van der Waals surface area contributed by atoms with Gasteiger partial charge >= 0.3 is 6.61 Å². The van der Waals surface area contributed by atoms with Crippen molar-refractivity contribution in [3.63, 3.8) is 0 Å². The van der Waals surface area contributed by atoms with Crippen molar-refractivity contribution in [2.75, 3.05) is 5.32 Å². The second-order valence-corrected chi connectivity index (χ2v) is 7.24. The fourth-order valence-electron chi connectivity index (χ4n) is 3.07. The number of anilines is 1. The van der Waals surface area contributed by atoms with Gasteiger partial charge in [-0.1, -0.05) is 35.9 Å². The topological polar surface area (TPSA) is 62.4 Å². The highest BCUT2D eigenvalue weighted by Gasteiger charge is 2.32. The third kappa shape index (κ3) is 4.83. The highest BCUT2D eigenvalue weighted by atomic mass is 35.5. The first-order valence-electron chi connectivity index (χ1n) is 8.65. The molecule has 5 nitrogen and oxygen atoms in total.